The number of rotatable bonds is 7. The standard InChI is InChI=1S/C23H34N4O4S/c1-3-25-23(28)27-14-6-9-21(26-32(2,29)30)22(27)16-31-19-12-10-17(11-13-19)20-8-5-4-7-18(20)15-24/h4-5,7-8,17,19,21-22,26H,3,6,9-14,16H2,1-2H3,(H,25,28)/t17-,19+,21-,22-/m0/s1. The third-order valence-corrected chi connectivity index (χ3v) is 7.16. The van der Waals surface area contributed by atoms with Gasteiger partial charge in [0.25, 0.3) is 0 Å². The minimum atomic E-state index is -3.40. The van der Waals surface area contributed by atoms with Crippen molar-refractivity contribution >= 4 is 16.1 Å². The second-order valence-corrected chi connectivity index (χ2v) is 10.5. The van der Waals surface area contributed by atoms with E-state index in [9.17, 15) is 18.5 Å². The molecular weight excluding hydrogens is 428 g/mol. The number of benzene rings is 1. The second kappa shape index (κ2) is 11.1. The Kier molecular flexibility index (Phi) is 8.51. The average molecular weight is 463 g/mol. The number of likely N-dealkylation sites (tertiary alicyclic amines) is 1. The van der Waals surface area contributed by atoms with Gasteiger partial charge < -0.3 is 15.0 Å². The molecule has 0 bridgehead atoms. The highest BCUT2D eigenvalue weighted by Gasteiger charge is 2.37. The van der Waals surface area contributed by atoms with Crippen molar-refractivity contribution in [2.24, 2.45) is 0 Å². The summed E-state index contributed by atoms with van der Waals surface area (Å²) in [4.78, 5) is 14.3. The van der Waals surface area contributed by atoms with Crippen molar-refractivity contribution in [1.29, 1.82) is 5.26 Å². The van der Waals surface area contributed by atoms with Gasteiger partial charge in [0.15, 0.2) is 0 Å². The van der Waals surface area contributed by atoms with Gasteiger partial charge in [0.1, 0.15) is 0 Å². The van der Waals surface area contributed by atoms with Crippen LogP contribution in [0.15, 0.2) is 24.3 Å². The maximum Gasteiger partial charge on any atom is 0.317 e. The third kappa shape index (κ3) is 6.44. The van der Waals surface area contributed by atoms with E-state index < -0.39 is 10.0 Å². The maximum atomic E-state index is 12.6. The molecule has 3 rings (SSSR count). The van der Waals surface area contributed by atoms with E-state index in [-0.39, 0.29) is 24.2 Å². The minimum Gasteiger partial charge on any atom is -0.376 e. The van der Waals surface area contributed by atoms with Crippen LogP contribution in [0.1, 0.15) is 62.5 Å². The summed E-state index contributed by atoms with van der Waals surface area (Å²) in [5.41, 5.74) is 1.85. The SMILES string of the molecule is CCNC(=O)N1CCC[C@H](NS(C)(=O)=O)[C@@H]1CO[C@H]1CC[C@@H](c2ccccc2C#N)CC1. The number of carbonyl (C=O) groups excluding carboxylic acids is 1. The molecule has 1 heterocycles. The first-order valence-corrected chi connectivity index (χ1v) is 13.3. The Labute approximate surface area is 191 Å². The van der Waals surface area contributed by atoms with Gasteiger partial charge in [-0.1, -0.05) is 18.2 Å². The van der Waals surface area contributed by atoms with Crippen LogP contribution in [0.25, 0.3) is 0 Å². The first-order chi connectivity index (χ1) is 15.3. The molecule has 2 N–H and O–H groups in total. The lowest BCUT2D eigenvalue weighted by molar-refractivity contribution is -0.0173. The molecule has 1 saturated carbocycles. The summed E-state index contributed by atoms with van der Waals surface area (Å²) >= 11 is 0. The zero-order valence-corrected chi connectivity index (χ0v) is 19.7. The van der Waals surface area contributed by atoms with E-state index in [1.807, 2.05) is 31.2 Å². The lowest BCUT2D eigenvalue weighted by Gasteiger charge is -2.42. The molecule has 1 aliphatic heterocycles. The molecule has 2 atom stereocenters. The number of nitrogens with zero attached hydrogens (tertiary/aromatic N) is 2. The van der Waals surface area contributed by atoms with Crippen molar-refractivity contribution in [3.63, 3.8) is 0 Å². The summed E-state index contributed by atoms with van der Waals surface area (Å²) in [7, 11) is -3.40. The van der Waals surface area contributed by atoms with Crippen molar-refractivity contribution in [3.05, 3.63) is 35.4 Å². The van der Waals surface area contributed by atoms with Crippen molar-refractivity contribution in [2.45, 2.75) is 69.6 Å². The van der Waals surface area contributed by atoms with Crippen LogP contribution in [0.2, 0.25) is 0 Å². The molecule has 1 aromatic rings. The van der Waals surface area contributed by atoms with Gasteiger partial charge in [-0.25, -0.2) is 17.9 Å². The molecule has 9 heteroatoms. The maximum absolute atomic E-state index is 12.6. The fourth-order valence-electron chi connectivity index (χ4n) is 4.91. The molecule has 8 nitrogen and oxygen atoms in total. The number of piperidine rings is 1. The van der Waals surface area contributed by atoms with Crippen molar-refractivity contribution < 1.29 is 17.9 Å². The van der Waals surface area contributed by atoms with Gasteiger partial charge in [0, 0.05) is 19.1 Å². The molecule has 2 aliphatic rings. The molecule has 1 saturated heterocycles. The summed E-state index contributed by atoms with van der Waals surface area (Å²) in [5.74, 6) is 0.354. The number of sulfonamides is 1. The molecule has 32 heavy (non-hydrogen) atoms. The van der Waals surface area contributed by atoms with Crippen LogP contribution >= 0.6 is 0 Å². The van der Waals surface area contributed by atoms with Crippen LogP contribution < -0.4 is 10.0 Å². The Morgan fingerprint density at radius 2 is 1.94 bits per heavy atom. The average Bonchev–Trinajstić information content (AvgIpc) is 2.77. The van der Waals surface area contributed by atoms with Crippen LogP contribution in [0, 0.1) is 11.3 Å². The molecular formula is C23H34N4O4S. The van der Waals surface area contributed by atoms with Gasteiger partial charge in [-0.05, 0) is 63.0 Å². The van der Waals surface area contributed by atoms with Gasteiger partial charge in [-0.3, -0.25) is 0 Å². The summed E-state index contributed by atoms with van der Waals surface area (Å²) < 4.78 is 32.7. The molecule has 0 aromatic heterocycles. The zero-order chi connectivity index (χ0) is 23.1. The van der Waals surface area contributed by atoms with Gasteiger partial charge in [0.05, 0.1) is 36.6 Å². The highest BCUT2D eigenvalue weighted by molar-refractivity contribution is 7.88. The fraction of sp³-hybridized carbons (Fsp3) is 0.652. The van der Waals surface area contributed by atoms with E-state index in [1.54, 1.807) is 4.90 Å². The van der Waals surface area contributed by atoms with Crippen LogP contribution in [-0.2, 0) is 14.8 Å². The number of nitrogens with one attached hydrogen (secondary N) is 2. The number of hydrogen-bond donors (Lipinski definition) is 2. The Bertz CT molecular complexity index is 922. The Morgan fingerprint density at radius 3 is 2.59 bits per heavy atom. The van der Waals surface area contributed by atoms with Gasteiger partial charge in [-0.15, -0.1) is 0 Å². The van der Waals surface area contributed by atoms with E-state index in [4.69, 9.17) is 4.74 Å². The van der Waals surface area contributed by atoms with Gasteiger partial charge >= 0.3 is 6.03 Å². The van der Waals surface area contributed by atoms with Crippen LogP contribution in [-0.4, -0.2) is 63.5 Å². The Hall–Kier alpha value is -2.15. The topological polar surface area (TPSA) is 112 Å². The molecule has 2 fully saturated rings. The van der Waals surface area contributed by atoms with E-state index in [1.165, 1.54) is 0 Å². The smallest absolute Gasteiger partial charge is 0.317 e. The molecule has 0 unspecified atom stereocenters. The molecule has 0 spiro atoms. The molecule has 176 valence electrons. The summed E-state index contributed by atoms with van der Waals surface area (Å²) in [5, 5.41) is 12.2. The molecule has 1 aliphatic carbocycles. The number of hydrogen-bond acceptors (Lipinski definition) is 5. The quantitative estimate of drug-likeness (QED) is 0.647. The van der Waals surface area contributed by atoms with Crippen LogP contribution in [0.5, 0.6) is 0 Å². The lowest BCUT2D eigenvalue weighted by Crippen LogP contribution is -2.60. The fourth-order valence-corrected chi connectivity index (χ4v) is 5.74. The predicted molar refractivity (Wildman–Crippen MR) is 123 cm³/mol. The number of carbonyl (C=O) groups is 1. The number of nitriles is 1. The van der Waals surface area contributed by atoms with E-state index >= 15 is 0 Å². The predicted octanol–water partition coefficient (Wildman–Crippen LogP) is 2.71. The first-order valence-electron chi connectivity index (χ1n) is 11.4. The highest BCUT2D eigenvalue weighted by Crippen LogP contribution is 2.35. The highest BCUT2D eigenvalue weighted by atomic mass is 32.2. The number of urea groups is 1. The third-order valence-electron chi connectivity index (χ3n) is 6.43. The van der Waals surface area contributed by atoms with E-state index in [0.717, 1.165) is 49.5 Å². The minimum absolute atomic E-state index is 0.0670. The van der Waals surface area contributed by atoms with Gasteiger partial charge in [-0.2, -0.15) is 5.26 Å². The lowest BCUT2D eigenvalue weighted by atomic mass is 9.81. The largest absolute Gasteiger partial charge is 0.376 e. The van der Waals surface area contributed by atoms with Crippen molar-refractivity contribution in [2.75, 3.05) is 26.0 Å². The van der Waals surface area contributed by atoms with Crippen LogP contribution in [0.3, 0.4) is 0 Å². The number of ether oxygens (including phenoxy) is 1. The molecule has 2 amide bonds. The van der Waals surface area contributed by atoms with Crippen molar-refractivity contribution in [3.8, 4) is 6.07 Å². The second-order valence-electron chi connectivity index (χ2n) is 8.74. The van der Waals surface area contributed by atoms with E-state index in [2.05, 4.69) is 16.1 Å². The molecule has 0 radical (unpaired) electrons. The summed E-state index contributed by atoms with van der Waals surface area (Å²) in [6.07, 6.45) is 6.27. The van der Waals surface area contributed by atoms with Crippen LogP contribution in [0.4, 0.5) is 4.79 Å². The van der Waals surface area contributed by atoms with E-state index in [0.29, 0.717) is 32.0 Å². The van der Waals surface area contributed by atoms with Crippen molar-refractivity contribution in [1.82, 2.24) is 14.9 Å². The first kappa shape index (κ1) is 24.5. The Morgan fingerprint density at radius 1 is 1.22 bits per heavy atom. The number of amides is 2. The summed E-state index contributed by atoms with van der Waals surface area (Å²) in [6.45, 7) is 3.26. The zero-order valence-electron chi connectivity index (χ0n) is 18.9. The van der Waals surface area contributed by atoms with Gasteiger partial charge in [0.2, 0.25) is 10.0 Å². The normalized spacial score (nSPS) is 26.3. The summed E-state index contributed by atoms with van der Waals surface area (Å²) in [6, 6.07) is 9.18. The monoisotopic (exact) mass is 462 g/mol. The molecule has 1 aromatic carbocycles. The Balaban J connectivity index is 1.62.